The fourth-order valence-corrected chi connectivity index (χ4v) is 3.75. The monoisotopic (exact) mass is 381 g/mol. The van der Waals surface area contributed by atoms with Crippen molar-refractivity contribution >= 4 is 23.5 Å². The maximum absolute atomic E-state index is 13.2. The molecule has 7 heteroatoms. The number of anilines is 1. The van der Waals surface area contributed by atoms with Crippen LogP contribution in [0.4, 0.5) is 14.9 Å². The molecule has 0 aromatic heterocycles. The molecule has 2 heterocycles. The highest BCUT2D eigenvalue weighted by molar-refractivity contribution is 6.15. The number of hydrogen-bond acceptors (Lipinski definition) is 3. The first-order valence-electron chi connectivity index (χ1n) is 9.20. The Morgan fingerprint density at radius 1 is 1.07 bits per heavy atom. The van der Waals surface area contributed by atoms with Crippen LogP contribution in [-0.2, 0) is 22.6 Å². The minimum absolute atomic E-state index is 0.260. The van der Waals surface area contributed by atoms with Gasteiger partial charge >= 0.3 is 6.03 Å². The molecular weight excluding hydrogens is 361 g/mol. The lowest BCUT2D eigenvalue weighted by Gasteiger charge is -2.30. The van der Waals surface area contributed by atoms with Crippen molar-refractivity contribution in [2.45, 2.75) is 25.9 Å². The number of imide groups is 1. The van der Waals surface area contributed by atoms with Gasteiger partial charge in [0, 0.05) is 18.8 Å². The summed E-state index contributed by atoms with van der Waals surface area (Å²) >= 11 is 0. The average molecular weight is 381 g/mol. The minimum Gasteiger partial charge on any atom is -0.336 e. The van der Waals surface area contributed by atoms with Crippen LogP contribution in [0.3, 0.4) is 0 Å². The number of hydrogen-bond donors (Lipinski definition) is 0. The minimum atomic E-state index is -0.743. The van der Waals surface area contributed by atoms with Crippen molar-refractivity contribution in [1.29, 1.82) is 0 Å². The highest BCUT2D eigenvalue weighted by atomic mass is 19.1. The van der Waals surface area contributed by atoms with Crippen LogP contribution in [0.15, 0.2) is 48.5 Å². The van der Waals surface area contributed by atoms with Gasteiger partial charge in [0.25, 0.3) is 5.91 Å². The Morgan fingerprint density at radius 2 is 1.75 bits per heavy atom. The molecule has 0 aliphatic carbocycles. The highest BCUT2D eigenvalue weighted by Crippen LogP contribution is 2.26. The first kappa shape index (κ1) is 18.2. The van der Waals surface area contributed by atoms with Gasteiger partial charge in [-0.05, 0) is 48.7 Å². The van der Waals surface area contributed by atoms with E-state index in [2.05, 4.69) is 0 Å². The summed E-state index contributed by atoms with van der Waals surface area (Å²) in [5.41, 5.74) is 2.73. The van der Waals surface area contributed by atoms with Gasteiger partial charge in [-0.3, -0.25) is 19.4 Å². The van der Waals surface area contributed by atoms with E-state index >= 15 is 0 Å². The van der Waals surface area contributed by atoms with Crippen molar-refractivity contribution in [2.75, 3.05) is 18.0 Å². The van der Waals surface area contributed by atoms with Gasteiger partial charge in [0.2, 0.25) is 5.91 Å². The summed E-state index contributed by atoms with van der Waals surface area (Å²) in [7, 11) is 0. The molecule has 6 nitrogen and oxygen atoms in total. The molecular formula is C21H20FN3O3. The van der Waals surface area contributed by atoms with E-state index in [4.69, 9.17) is 0 Å². The summed E-state index contributed by atoms with van der Waals surface area (Å²) < 4.78 is 13.2. The summed E-state index contributed by atoms with van der Waals surface area (Å²) in [6.07, 6.45) is 0.752. The molecule has 0 N–H and O–H groups in total. The van der Waals surface area contributed by atoms with Crippen molar-refractivity contribution in [2.24, 2.45) is 0 Å². The van der Waals surface area contributed by atoms with Crippen molar-refractivity contribution in [3.63, 3.8) is 0 Å². The van der Waals surface area contributed by atoms with Crippen LogP contribution in [-0.4, -0.2) is 46.8 Å². The largest absolute Gasteiger partial charge is 0.336 e. The van der Waals surface area contributed by atoms with E-state index in [9.17, 15) is 18.8 Å². The standard InChI is InChI=1S/C21H20FN3O3/c1-14-20(27)24(21(28)25(14)18-8-6-17(22)7-9-18)13-19(26)23-11-10-15-4-2-3-5-16(15)12-23/h2-9,14H,10-13H2,1H3. The number of benzene rings is 2. The van der Waals surface area contributed by atoms with Crippen LogP contribution in [0.1, 0.15) is 18.1 Å². The highest BCUT2D eigenvalue weighted by Gasteiger charge is 2.44. The van der Waals surface area contributed by atoms with Crippen molar-refractivity contribution in [3.05, 3.63) is 65.5 Å². The van der Waals surface area contributed by atoms with Gasteiger partial charge < -0.3 is 4.90 Å². The quantitative estimate of drug-likeness (QED) is 0.768. The Balaban J connectivity index is 1.49. The molecule has 4 rings (SSSR count). The number of nitrogens with zero attached hydrogens (tertiary/aromatic N) is 3. The second-order valence-corrected chi connectivity index (χ2v) is 7.06. The van der Waals surface area contributed by atoms with E-state index in [0.29, 0.717) is 18.8 Å². The number of amides is 4. The van der Waals surface area contributed by atoms with Crippen LogP contribution in [0.2, 0.25) is 0 Å². The molecule has 1 saturated heterocycles. The van der Waals surface area contributed by atoms with E-state index in [1.54, 1.807) is 11.8 Å². The molecule has 2 aliphatic heterocycles. The number of fused-ring (bicyclic) bond motifs is 1. The molecule has 4 amide bonds. The summed E-state index contributed by atoms with van der Waals surface area (Å²) in [4.78, 5) is 42.1. The molecule has 1 atom stereocenters. The molecule has 0 spiro atoms. The van der Waals surface area contributed by atoms with Gasteiger partial charge in [-0.15, -0.1) is 0 Å². The Morgan fingerprint density at radius 3 is 2.46 bits per heavy atom. The summed E-state index contributed by atoms with van der Waals surface area (Å²) in [5, 5.41) is 0. The molecule has 1 fully saturated rings. The lowest BCUT2D eigenvalue weighted by molar-refractivity contribution is -0.137. The third-order valence-electron chi connectivity index (χ3n) is 5.33. The third-order valence-corrected chi connectivity index (χ3v) is 5.33. The third kappa shape index (κ3) is 3.13. The van der Waals surface area contributed by atoms with Gasteiger partial charge in [-0.25, -0.2) is 9.18 Å². The first-order chi connectivity index (χ1) is 13.5. The van der Waals surface area contributed by atoms with Crippen molar-refractivity contribution in [1.82, 2.24) is 9.80 Å². The average Bonchev–Trinajstić information content (AvgIpc) is 2.91. The normalized spacial score (nSPS) is 19.2. The Hall–Kier alpha value is -3.22. The fraction of sp³-hybridized carbons (Fsp3) is 0.286. The summed E-state index contributed by atoms with van der Waals surface area (Å²) in [6.45, 7) is 2.35. The van der Waals surface area contributed by atoms with Gasteiger partial charge in [0.1, 0.15) is 18.4 Å². The van der Waals surface area contributed by atoms with Crippen LogP contribution in [0.25, 0.3) is 0 Å². The van der Waals surface area contributed by atoms with Gasteiger partial charge in [-0.1, -0.05) is 24.3 Å². The topological polar surface area (TPSA) is 60.9 Å². The Labute approximate surface area is 162 Å². The first-order valence-corrected chi connectivity index (χ1v) is 9.20. The van der Waals surface area contributed by atoms with Crippen molar-refractivity contribution < 1.29 is 18.8 Å². The second-order valence-electron chi connectivity index (χ2n) is 7.06. The lowest BCUT2D eigenvalue weighted by atomic mass is 10.00. The molecule has 0 saturated carbocycles. The zero-order valence-corrected chi connectivity index (χ0v) is 15.5. The maximum atomic E-state index is 13.2. The van der Waals surface area contributed by atoms with Crippen LogP contribution >= 0.6 is 0 Å². The van der Waals surface area contributed by atoms with Gasteiger partial charge in [-0.2, -0.15) is 0 Å². The fourth-order valence-electron chi connectivity index (χ4n) is 3.75. The molecule has 2 aromatic carbocycles. The molecule has 2 aromatic rings. The lowest BCUT2D eigenvalue weighted by Crippen LogP contribution is -2.45. The van der Waals surface area contributed by atoms with Crippen LogP contribution in [0.5, 0.6) is 0 Å². The Bertz CT molecular complexity index is 944. The molecule has 0 bridgehead atoms. The summed E-state index contributed by atoms with van der Waals surface area (Å²) in [5.74, 6) is -1.11. The number of carbonyl (C=O) groups is 3. The molecule has 1 unspecified atom stereocenters. The van der Waals surface area contributed by atoms with E-state index < -0.39 is 23.8 Å². The van der Waals surface area contributed by atoms with Crippen LogP contribution < -0.4 is 4.90 Å². The van der Waals surface area contributed by atoms with Crippen molar-refractivity contribution in [3.8, 4) is 0 Å². The summed E-state index contributed by atoms with van der Waals surface area (Å²) in [6, 6.07) is 12.0. The zero-order chi connectivity index (χ0) is 19.8. The smallest absolute Gasteiger partial charge is 0.332 e. The number of urea groups is 1. The SMILES string of the molecule is CC1C(=O)N(CC(=O)N2CCc3ccccc3C2)C(=O)N1c1ccc(F)cc1. The van der Waals surface area contributed by atoms with E-state index in [1.807, 2.05) is 24.3 Å². The molecule has 0 radical (unpaired) electrons. The molecule has 28 heavy (non-hydrogen) atoms. The van der Waals surface area contributed by atoms with E-state index in [0.717, 1.165) is 16.9 Å². The number of rotatable bonds is 3. The predicted molar refractivity (Wildman–Crippen MR) is 101 cm³/mol. The van der Waals surface area contributed by atoms with Gasteiger partial charge in [0.05, 0.1) is 0 Å². The zero-order valence-electron chi connectivity index (χ0n) is 15.5. The number of halogens is 1. The predicted octanol–water partition coefficient (Wildman–Crippen LogP) is 2.57. The molecule has 2 aliphatic rings. The molecule has 144 valence electrons. The van der Waals surface area contributed by atoms with E-state index in [1.165, 1.54) is 34.7 Å². The van der Waals surface area contributed by atoms with E-state index in [-0.39, 0.29) is 12.5 Å². The Kier molecular flexibility index (Phi) is 4.58. The second kappa shape index (κ2) is 7.07. The maximum Gasteiger partial charge on any atom is 0.332 e. The van der Waals surface area contributed by atoms with Crippen LogP contribution in [0, 0.1) is 5.82 Å². The number of carbonyl (C=O) groups excluding carboxylic acids is 3. The van der Waals surface area contributed by atoms with Gasteiger partial charge in [0.15, 0.2) is 0 Å².